The van der Waals surface area contributed by atoms with Gasteiger partial charge in [-0.25, -0.2) is 13.4 Å². The van der Waals surface area contributed by atoms with Gasteiger partial charge in [0.2, 0.25) is 10.0 Å². The zero-order chi connectivity index (χ0) is 19.0. The molecular weight excluding hydrogens is 376 g/mol. The summed E-state index contributed by atoms with van der Waals surface area (Å²) >= 11 is 1.12. The lowest BCUT2D eigenvalue weighted by atomic mass is 10.2. The van der Waals surface area contributed by atoms with Crippen molar-refractivity contribution in [2.45, 2.75) is 26.7 Å². The van der Waals surface area contributed by atoms with E-state index >= 15 is 0 Å². The number of hydrogen-bond acceptors (Lipinski definition) is 7. The van der Waals surface area contributed by atoms with Crippen molar-refractivity contribution < 1.29 is 22.7 Å². The number of nitrogens with one attached hydrogen (secondary N) is 1. The minimum atomic E-state index is -3.59. The molecule has 1 N–H and O–H groups in total. The Morgan fingerprint density at radius 3 is 2.62 bits per heavy atom. The molecular formula is C17H22N2O5S2. The Labute approximate surface area is 157 Å². The molecule has 0 saturated carbocycles. The van der Waals surface area contributed by atoms with Crippen LogP contribution in [0.25, 0.3) is 0 Å². The highest BCUT2D eigenvalue weighted by Crippen LogP contribution is 2.18. The van der Waals surface area contributed by atoms with E-state index in [9.17, 15) is 13.2 Å². The molecule has 0 saturated heterocycles. The first-order valence-electron chi connectivity index (χ1n) is 8.24. The number of hydrogen-bond donors (Lipinski definition) is 1. The Morgan fingerprint density at radius 2 is 1.96 bits per heavy atom. The molecule has 1 aromatic carbocycles. The van der Waals surface area contributed by atoms with Crippen molar-refractivity contribution in [2.75, 3.05) is 23.7 Å². The average Bonchev–Trinajstić information content (AvgIpc) is 3.01. The fourth-order valence-electron chi connectivity index (χ4n) is 2.07. The van der Waals surface area contributed by atoms with Crippen LogP contribution >= 0.6 is 11.3 Å². The van der Waals surface area contributed by atoms with Gasteiger partial charge < -0.3 is 9.47 Å². The number of aryl methyl sites for hydroxylation is 1. The van der Waals surface area contributed by atoms with Crippen LogP contribution in [0.2, 0.25) is 0 Å². The number of rotatable bonds is 10. The highest BCUT2D eigenvalue weighted by molar-refractivity contribution is 7.92. The monoisotopic (exact) mass is 398 g/mol. The second-order valence-electron chi connectivity index (χ2n) is 5.39. The van der Waals surface area contributed by atoms with Crippen molar-refractivity contribution in [1.82, 2.24) is 4.98 Å². The summed E-state index contributed by atoms with van der Waals surface area (Å²) in [4.78, 5) is 15.5. The number of benzene rings is 1. The SMILES string of the molecule is CCOC(=O)Cc1csc(NS(=O)(=O)CCOc2ccc(CC)cc2)n1. The molecule has 0 aliphatic rings. The molecule has 0 bridgehead atoms. The molecule has 142 valence electrons. The van der Waals surface area contributed by atoms with Gasteiger partial charge in [0, 0.05) is 5.38 Å². The Bertz CT molecular complexity index is 816. The third kappa shape index (κ3) is 6.64. The Hall–Kier alpha value is -2.13. The van der Waals surface area contributed by atoms with E-state index in [0.717, 1.165) is 17.8 Å². The van der Waals surface area contributed by atoms with E-state index in [2.05, 4.69) is 16.6 Å². The summed E-state index contributed by atoms with van der Waals surface area (Å²) < 4.78 is 36.9. The zero-order valence-corrected chi connectivity index (χ0v) is 16.4. The highest BCUT2D eigenvalue weighted by atomic mass is 32.2. The second kappa shape index (κ2) is 9.54. The van der Waals surface area contributed by atoms with Gasteiger partial charge in [0.05, 0.1) is 18.7 Å². The van der Waals surface area contributed by atoms with E-state index < -0.39 is 16.0 Å². The molecule has 0 spiro atoms. The van der Waals surface area contributed by atoms with Crippen molar-refractivity contribution in [3.05, 3.63) is 40.9 Å². The summed E-state index contributed by atoms with van der Waals surface area (Å²) in [6, 6.07) is 7.54. The number of esters is 1. The van der Waals surface area contributed by atoms with Crippen LogP contribution in [0.15, 0.2) is 29.6 Å². The van der Waals surface area contributed by atoms with Gasteiger partial charge >= 0.3 is 5.97 Å². The Morgan fingerprint density at radius 1 is 1.23 bits per heavy atom. The first-order chi connectivity index (χ1) is 12.4. The smallest absolute Gasteiger partial charge is 0.311 e. The maximum absolute atomic E-state index is 12.1. The van der Waals surface area contributed by atoms with Crippen molar-refractivity contribution in [3.8, 4) is 5.75 Å². The minimum absolute atomic E-state index is 0.0168. The van der Waals surface area contributed by atoms with Gasteiger partial charge in [-0.1, -0.05) is 19.1 Å². The van der Waals surface area contributed by atoms with E-state index in [4.69, 9.17) is 9.47 Å². The number of carbonyl (C=O) groups is 1. The number of thiazole rings is 1. The van der Waals surface area contributed by atoms with Crippen LogP contribution in [0.1, 0.15) is 25.1 Å². The lowest BCUT2D eigenvalue weighted by Crippen LogP contribution is -2.21. The number of ether oxygens (including phenoxy) is 2. The number of sulfonamides is 1. The molecule has 0 atom stereocenters. The van der Waals surface area contributed by atoms with Gasteiger partial charge in [-0.05, 0) is 31.0 Å². The van der Waals surface area contributed by atoms with Gasteiger partial charge in [0.15, 0.2) is 5.13 Å². The number of nitrogens with zero attached hydrogens (tertiary/aromatic N) is 1. The van der Waals surface area contributed by atoms with Crippen LogP contribution < -0.4 is 9.46 Å². The summed E-state index contributed by atoms with van der Waals surface area (Å²) in [6.07, 6.45) is 0.952. The van der Waals surface area contributed by atoms with Crippen molar-refractivity contribution in [2.24, 2.45) is 0 Å². The largest absolute Gasteiger partial charge is 0.492 e. The summed E-state index contributed by atoms with van der Waals surface area (Å²) in [7, 11) is -3.59. The number of anilines is 1. The third-order valence-electron chi connectivity index (χ3n) is 3.38. The Kier molecular flexibility index (Phi) is 7.40. The molecule has 0 amide bonds. The van der Waals surface area contributed by atoms with Gasteiger partial charge in [0.1, 0.15) is 18.1 Å². The molecule has 0 radical (unpaired) electrons. The molecule has 9 heteroatoms. The summed E-state index contributed by atoms with van der Waals surface area (Å²) in [6.45, 7) is 4.11. The number of aromatic nitrogens is 1. The molecule has 0 unspecified atom stereocenters. The lowest BCUT2D eigenvalue weighted by Gasteiger charge is -2.08. The van der Waals surface area contributed by atoms with Crippen LogP contribution in [-0.4, -0.2) is 38.3 Å². The minimum Gasteiger partial charge on any atom is -0.492 e. The molecule has 0 fully saturated rings. The van der Waals surface area contributed by atoms with Gasteiger partial charge in [-0.2, -0.15) is 0 Å². The van der Waals surface area contributed by atoms with E-state index in [1.807, 2.05) is 24.3 Å². The third-order valence-corrected chi connectivity index (χ3v) is 5.52. The van der Waals surface area contributed by atoms with Crippen LogP contribution in [0.5, 0.6) is 5.75 Å². The molecule has 1 aromatic heterocycles. The molecule has 2 rings (SSSR count). The summed E-state index contributed by atoms with van der Waals surface area (Å²) in [5.41, 5.74) is 1.66. The van der Waals surface area contributed by atoms with Crippen LogP contribution in [0.3, 0.4) is 0 Å². The van der Waals surface area contributed by atoms with E-state index in [0.29, 0.717) is 18.1 Å². The molecule has 2 aromatic rings. The molecule has 26 heavy (non-hydrogen) atoms. The van der Waals surface area contributed by atoms with Crippen LogP contribution in [0.4, 0.5) is 5.13 Å². The van der Waals surface area contributed by atoms with E-state index in [1.165, 1.54) is 5.56 Å². The average molecular weight is 399 g/mol. The zero-order valence-electron chi connectivity index (χ0n) is 14.7. The molecule has 0 aliphatic carbocycles. The van der Waals surface area contributed by atoms with Gasteiger partial charge in [-0.3, -0.25) is 9.52 Å². The topological polar surface area (TPSA) is 94.6 Å². The van der Waals surface area contributed by atoms with Gasteiger partial charge in [0.25, 0.3) is 0 Å². The van der Waals surface area contributed by atoms with Crippen LogP contribution in [-0.2, 0) is 32.4 Å². The van der Waals surface area contributed by atoms with E-state index in [1.54, 1.807) is 12.3 Å². The first-order valence-corrected chi connectivity index (χ1v) is 10.8. The van der Waals surface area contributed by atoms with Crippen molar-refractivity contribution in [3.63, 3.8) is 0 Å². The maximum Gasteiger partial charge on any atom is 0.311 e. The normalized spacial score (nSPS) is 11.2. The highest BCUT2D eigenvalue weighted by Gasteiger charge is 2.15. The van der Waals surface area contributed by atoms with Crippen molar-refractivity contribution in [1.29, 1.82) is 0 Å². The second-order valence-corrected chi connectivity index (χ2v) is 8.09. The Balaban J connectivity index is 1.82. The lowest BCUT2D eigenvalue weighted by molar-refractivity contribution is -0.142. The quantitative estimate of drug-likeness (QED) is 0.618. The summed E-state index contributed by atoms with van der Waals surface area (Å²) in [5, 5.41) is 1.84. The van der Waals surface area contributed by atoms with Gasteiger partial charge in [-0.15, -0.1) is 11.3 Å². The molecule has 7 nitrogen and oxygen atoms in total. The van der Waals surface area contributed by atoms with E-state index in [-0.39, 0.29) is 23.9 Å². The fourth-order valence-corrected chi connectivity index (χ4v) is 3.91. The molecule has 1 heterocycles. The standard InChI is InChI=1S/C17H22N2O5S2/c1-3-13-5-7-15(8-6-13)24-9-10-26(21,22)19-17-18-14(12-25-17)11-16(20)23-4-2/h5-8,12H,3-4,9-11H2,1-2H3,(H,18,19). The first kappa shape index (κ1) is 20.2. The fraction of sp³-hybridized carbons (Fsp3) is 0.412. The maximum atomic E-state index is 12.1. The predicted octanol–water partition coefficient (Wildman–Crippen LogP) is 2.63. The summed E-state index contributed by atoms with van der Waals surface area (Å²) in [5.74, 6) is 0.0352. The van der Waals surface area contributed by atoms with Crippen molar-refractivity contribution >= 4 is 32.5 Å². The predicted molar refractivity (Wildman–Crippen MR) is 101 cm³/mol. The molecule has 0 aliphatic heterocycles. The van der Waals surface area contributed by atoms with Crippen LogP contribution in [0, 0.1) is 0 Å². The number of carbonyl (C=O) groups excluding carboxylic acids is 1.